The summed E-state index contributed by atoms with van der Waals surface area (Å²) in [4.78, 5) is 2.53. The van der Waals surface area contributed by atoms with Crippen LogP contribution in [0.4, 0.5) is 0 Å². The van der Waals surface area contributed by atoms with Crippen molar-refractivity contribution < 1.29 is 0 Å². The maximum absolute atomic E-state index is 2.53. The molecule has 0 bridgehead atoms. The number of rotatable bonds is 1. The van der Waals surface area contributed by atoms with E-state index in [0.717, 1.165) is 6.04 Å². The van der Waals surface area contributed by atoms with Crippen molar-refractivity contribution in [3.63, 3.8) is 0 Å². The van der Waals surface area contributed by atoms with Gasteiger partial charge in [-0.05, 0) is 32.9 Å². The van der Waals surface area contributed by atoms with Crippen LogP contribution < -0.4 is 0 Å². The van der Waals surface area contributed by atoms with Gasteiger partial charge in [-0.1, -0.05) is 14.4 Å². The van der Waals surface area contributed by atoms with Crippen molar-refractivity contribution in [1.29, 1.82) is 0 Å². The summed E-state index contributed by atoms with van der Waals surface area (Å²) in [6.07, 6.45) is 2.82. The Morgan fingerprint density at radius 3 is 2.44 bits per heavy atom. The van der Waals surface area contributed by atoms with Gasteiger partial charge in [0.1, 0.15) is 0 Å². The molecule has 0 aromatic carbocycles. The summed E-state index contributed by atoms with van der Waals surface area (Å²) in [5.41, 5.74) is 0. The third-order valence-corrected chi connectivity index (χ3v) is 2.10. The lowest BCUT2D eigenvalue weighted by Gasteiger charge is -2.17. The van der Waals surface area contributed by atoms with Gasteiger partial charge in [-0.3, -0.25) is 0 Å². The van der Waals surface area contributed by atoms with E-state index in [4.69, 9.17) is 0 Å². The monoisotopic (exact) mass is 129 g/mol. The predicted octanol–water partition coefficient (Wildman–Crippen LogP) is 2.13. The van der Waals surface area contributed by atoms with Crippen molar-refractivity contribution >= 4 is 0 Å². The molecule has 1 aliphatic heterocycles. The molecule has 56 valence electrons. The van der Waals surface area contributed by atoms with E-state index in [1.165, 1.54) is 25.9 Å². The minimum absolute atomic E-state index is 0. The second-order valence-electron chi connectivity index (χ2n) is 2.62. The first-order valence-electron chi connectivity index (χ1n) is 3.58. The molecule has 0 spiro atoms. The topological polar surface area (TPSA) is 3.24 Å². The van der Waals surface area contributed by atoms with Crippen molar-refractivity contribution in [3.8, 4) is 0 Å². The lowest BCUT2D eigenvalue weighted by molar-refractivity contribution is 0.284. The number of nitrogens with zero attached hydrogens (tertiary/aromatic N) is 1. The van der Waals surface area contributed by atoms with Gasteiger partial charge in [0.05, 0.1) is 0 Å². The minimum atomic E-state index is 0. The smallest absolute Gasteiger partial charge is 0.00672 e. The van der Waals surface area contributed by atoms with Crippen LogP contribution in [0.1, 0.15) is 34.1 Å². The average molecular weight is 129 g/mol. The summed E-state index contributed by atoms with van der Waals surface area (Å²) >= 11 is 0. The van der Waals surface area contributed by atoms with E-state index in [1.807, 2.05) is 0 Å². The molecule has 0 aromatic rings. The number of hydrogen-bond acceptors (Lipinski definition) is 1. The molecule has 0 aliphatic carbocycles. The lowest BCUT2D eigenvalue weighted by Crippen LogP contribution is -2.25. The standard InChI is InChI=1S/C7H15N.CH4/c1-3-8-6-4-5-7(8)2;/h7H,3-6H2,1-2H3;1H4. The summed E-state index contributed by atoms with van der Waals surface area (Å²) in [6, 6.07) is 0.861. The van der Waals surface area contributed by atoms with Gasteiger partial charge < -0.3 is 4.90 Å². The van der Waals surface area contributed by atoms with E-state index >= 15 is 0 Å². The Morgan fingerprint density at radius 2 is 2.22 bits per heavy atom. The van der Waals surface area contributed by atoms with Gasteiger partial charge in [0.15, 0.2) is 0 Å². The Morgan fingerprint density at radius 1 is 1.56 bits per heavy atom. The van der Waals surface area contributed by atoms with E-state index in [1.54, 1.807) is 0 Å². The molecule has 0 saturated carbocycles. The molecule has 1 nitrogen and oxygen atoms in total. The van der Waals surface area contributed by atoms with Crippen LogP contribution in [0.3, 0.4) is 0 Å². The zero-order chi connectivity index (χ0) is 5.98. The molecule has 0 amide bonds. The van der Waals surface area contributed by atoms with Crippen LogP contribution in [0.2, 0.25) is 0 Å². The molecule has 0 N–H and O–H groups in total. The quantitative estimate of drug-likeness (QED) is 0.524. The highest BCUT2D eigenvalue weighted by Crippen LogP contribution is 2.14. The van der Waals surface area contributed by atoms with E-state index < -0.39 is 0 Å². The molecule has 1 unspecified atom stereocenters. The van der Waals surface area contributed by atoms with Crippen molar-refractivity contribution in [1.82, 2.24) is 4.90 Å². The van der Waals surface area contributed by atoms with Gasteiger partial charge in [-0.2, -0.15) is 0 Å². The van der Waals surface area contributed by atoms with Gasteiger partial charge >= 0.3 is 0 Å². The first-order valence-corrected chi connectivity index (χ1v) is 3.58. The van der Waals surface area contributed by atoms with Crippen LogP contribution in [-0.4, -0.2) is 24.0 Å². The minimum Gasteiger partial charge on any atom is -0.301 e. The molecule has 1 heteroatoms. The highest BCUT2D eigenvalue weighted by atomic mass is 15.2. The Labute approximate surface area is 59.1 Å². The zero-order valence-electron chi connectivity index (χ0n) is 5.85. The Bertz CT molecular complexity index is 71.0. The normalized spacial score (nSPS) is 28.0. The Balaban J connectivity index is 0.000000640. The zero-order valence-corrected chi connectivity index (χ0v) is 5.85. The van der Waals surface area contributed by atoms with Crippen LogP contribution in [0.25, 0.3) is 0 Å². The van der Waals surface area contributed by atoms with Crippen LogP contribution in [0, 0.1) is 0 Å². The molecule has 1 aliphatic rings. The molecule has 1 atom stereocenters. The summed E-state index contributed by atoms with van der Waals surface area (Å²) in [5, 5.41) is 0. The van der Waals surface area contributed by atoms with Crippen molar-refractivity contribution in [3.05, 3.63) is 0 Å². The summed E-state index contributed by atoms with van der Waals surface area (Å²) < 4.78 is 0. The fourth-order valence-corrected chi connectivity index (χ4v) is 1.46. The first-order chi connectivity index (χ1) is 3.84. The molecular formula is C8H19N. The summed E-state index contributed by atoms with van der Waals surface area (Å²) in [5.74, 6) is 0. The van der Waals surface area contributed by atoms with Gasteiger partial charge in [-0.25, -0.2) is 0 Å². The van der Waals surface area contributed by atoms with Crippen LogP contribution in [-0.2, 0) is 0 Å². The molecule has 1 saturated heterocycles. The maximum atomic E-state index is 2.53. The van der Waals surface area contributed by atoms with Crippen LogP contribution >= 0.6 is 0 Å². The van der Waals surface area contributed by atoms with E-state index in [9.17, 15) is 0 Å². The third-order valence-electron chi connectivity index (χ3n) is 2.10. The molecule has 1 fully saturated rings. The SMILES string of the molecule is C.CCN1CCCC1C. The Kier molecular flexibility index (Phi) is 3.87. The third kappa shape index (κ3) is 1.98. The number of hydrogen-bond donors (Lipinski definition) is 0. The maximum Gasteiger partial charge on any atom is 0.00672 e. The fraction of sp³-hybridized carbons (Fsp3) is 1.00. The van der Waals surface area contributed by atoms with Gasteiger partial charge in [0.25, 0.3) is 0 Å². The second kappa shape index (κ2) is 3.89. The van der Waals surface area contributed by atoms with Crippen LogP contribution in [0.15, 0.2) is 0 Å². The van der Waals surface area contributed by atoms with E-state index in [2.05, 4.69) is 18.7 Å². The van der Waals surface area contributed by atoms with Gasteiger partial charge in [-0.15, -0.1) is 0 Å². The van der Waals surface area contributed by atoms with Crippen molar-refractivity contribution in [2.75, 3.05) is 13.1 Å². The Hall–Kier alpha value is -0.0400. The summed E-state index contributed by atoms with van der Waals surface area (Å²) in [7, 11) is 0. The highest BCUT2D eigenvalue weighted by molar-refractivity contribution is 4.72. The predicted molar refractivity (Wildman–Crippen MR) is 42.7 cm³/mol. The lowest BCUT2D eigenvalue weighted by atomic mass is 10.2. The fourth-order valence-electron chi connectivity index (χ4n) is 1.46. The van der Waals surface area contributed by atoms with Gasteiger partial charge in [0, 0.05) is 6.04 Å². The summed E-state index contributed by atoms with van der Waals surface area (Å²) in [6.45, 7) is 7.12. The molecular weight excluding hydrogens is 110 g/mol. The number of likely N-dealkylation sites (tertiary alicyclic amines) is 1. The van der Waals surface area contributed by atoms with Crippen molar-refractivity contribution in [2.24, 2.45) is 0 Å². The molecule has 9 heavy (non-hydrogen) atoms. The molecule has 0 radical (unpaired) electrons. The highest BCUT2D eigenvalue weighted by Gasteiger charge is 2.16. The largest absolute Gasteiger partial charge is 0.301 e. The molecule has 1 rings (SSSR count). The van der Waals surface area contributed by atoms with Crippen LogP contribution in [0.5, 0.6) is 0 Å². The van der Waals surface area contributed by atoms with E-state index in [0.29, 0.717) is 0 Å². The molecule has 1 heterocycles. The average Bonchev–Trinajstić information content (AvgIpc) is 2.14. The second-order valence-corrected chi connectivity index (χ2v) is 2.62. The van der Waals surface area contributed by atoms with Gasteiger partial charge in [0.2, 0.25) is 0 Å². The first kappa shape index (κ1) is 8.96. The van der Waals surface area contributed by atoms with E-state index in [-0.39, 0.29) is 7.43 Å². The molecule has 0 aromatic heterocycles. The van der Waals surface area contributed by atoms with Crippen molar-refractivity contribution in [2.45, 2.75) is 40.2 Å².